The van der Waals surface area contributed by atoms with E-state index in [0.717, 1.165) is 13.0 Å². The summed E-state index contributed by atoms with van der Waals surface area (Å²) in [7, 11) is 2.07. The molecule has 1 fully saturated rings. The highest BCUT2D eigenvalue weighted by Crippen LogP contribution is 2.19. The average Bonchev–Trinajstić information content (AvgIpc) is 2.97. The third-order valence-corrected chi connectivity index (χ3v) is 4.02. The summed E-state index contributed by atoms with van der Waals surface area (Å²) in [4.78, 5) is 4.17. The minimum Gasteiger partial charge on any atom is -0.378 e. The summed E-state index contributed by atoms with van der Waals surface area (Å²) in [5, 5.41) is 3.44. The maximum atomic E-state index is 5.67. The van der Waals surface area contributed by atoms with E-state index in [4.69, 9.17) is 4.74 Å². The Hall–Kier alpha value is -0.930. The molecule has 3 nitrogen and oxygen atoms in total. The van der Waals surface area contributed by atoms with Crippen LogP contribution in [0.1, 0.15) is 44.1 Å². The number of pyridine rings is 1. The standard InChI is InChI=1S/C16H26N2O/c1-17-15(6-2-7-16-8-4-12-19-16)10-9-14-5-3-11-18-13-14/h3,5,11,13,15-17H,2,4,6-10,12H2,1H3. The molecule has 19 heavy (non-hydrogen) atoms. The molecule has 106 valence electrons. The second kappa shape index (κ2) is 8.28. The molecule has 1 N–H and O–H groups in total. The zero-order valence-electron chi connectivity index (χ0n) is 12.0. The maximum absolute atomic E-state index is 5.67. The van der Waals surface area contributed by atoms with Crippen LogP contribution in [0.5, 0.6) is 0 Å². The molecule has 0 bridgehead atoms. The van der Waals surface area contributed by atoms with E-state index in [1.165, 1.54) is 44.1 Å². The number of nitrogens with zero attached hydrogens (tertiary/aromatic N) is 1. The molecule has 2 rings (SSSR count). The molecule has 0 saturated carbocycles. The van der Waals surface area contributed by atoms with Crippen molar-refractivity contribution >= 4 is 0 Å². The zero-order chi connectivity index (χ0) is 13.3. The highest BCUT2D eigenvalue weighted by molar-refractivity contribution is 5.08. The molecule has 1 aliphatic rings. The van der Waals surface area contributed by atoms with Crippen molar-refractivity contribution in [1.29, 1.82) is 0 Å². The molecule has 1 aliphatic heterocycles. The van der Waals surface area contributed by atoms with Crippen LogP contribution in [0.4, 0.5) is 0 Å². The van der Waals surface area contributed by atoms with Gasteiger partial charge in [0.05, 0.1) is 6.10 Å². The number of aromatic nitrogens is 1. The molecule has 0 spiro atoms. The lowest BCUT2D eigenvalue weighted by Gasteiger charge is -2.17. The highest BCUT2D eigenvalue weighted by atomic mass is 16.5. The van der Waals surface area contributed by atoms with Crippen LogP contribution >= 0.6 is 0 Å². The fourth-order valence-corrected chi connectivity index (χ4v) is 2.78. The molecular weight excluding hydrogens is 236 g/mol. The lowest BCUT2D eigenvalue weighted by atomic mass is 10.00. The third kappa shape index (κ3) is 5.29. The molecule has 1 aromatic heterocycles. The second-order valence-electron chi connectivity index (χ2n) is 5.45. The molecular formula is C16H26N2O. The first kappa shape index (κ1) is 14.5. The van der Waals surface area contributed by atoms with Gasteiger partial charge in [0, 0.05) is 25.0 Å². The van der Waals surface area contributed by atoms with Crippen molar-refractivity contribution in [3.8, 4) is 0 Å². The summed E-state index contributed by atoms with van der Waals surface area (Å²) in [6.07, 6.45) is 12.9. The predicted octanol–water partition coefficient (Wildman–Crippen LogP) is 2.95. The Morgan fingerprint density at radius 1 is 1.47 bits per heavy atom. The Kier molecular flexibility index (Phi) is 6.31. The van der Waals surface area contributed by atoms with Gasteiger partial charge in [-0.2, -0.15) is 0 Å². The van der Waals surface area contributed by atoms with Gasteiger partial charge in [-0.1, -0.05) is 6.07 Å². The summed E-state index contributed by atoms with van der Waals surface area (Å²) in [6, 6.07) is 4.79. The molecule has 0 aromatic carbocycles. The van der Waals surface area contributed by atoms with E-state index in [0.29, 0.717) is 12.1 Å². The fourth-order valence-electron chi connectivity index (χ4n) is 2.78. The Bertz CT molecular complexity index is 336. The highest BCUT2D eigenvalue weighted by Gasteiger charge is 2.15. The summed E-state index contributed by atoms with van der Waals surface area (Å²) in [5.41, 5.74) is 1.34. The van der Waals surface area contributed by atoms with Crippen LogP contribution in [0.3, 0.4) is 0 Å². The van der Waals surface area contributed by atoms with Crippen molar-refractivity contribution in [1.82, 2.24) is 10.3 Å². The van der Waals surface area contributed by atoms with Gasteiger partial charge < -0.3 is 10.1 Å². The Morgan fingerprint density at radius 2 is 2.42 bits per heavy atom. The van der Waals surface area contributed by atoms with Crippen LogP contribution in [-0.2, 0) is 11.2 Å². The lowest BCUT2D eigenvalue weighted by Crippen LogP contribution is -2.26. The van der Waals surface area contributed by atoms with Crippen LogP contribution in [0.2, 0.25) is 0 Å². The zero-order valence-corrected chi connectivity index (χ0v) is 12.0. The van der Waals surface area contributed by atoms with E-state index in [1.54, 1.807) is 0 Å². The summed E-state index contributed by atoms with van der Waals surface area (Å²) in [5.74, 6) is 0. The van der Waals surface area contributed by atoms with Crippen molar-refractivity contribution in [2.24, 2.45) is 0 Å². The van der Waals surface area contributed by atoms with E-state index < -0.39 is 0 Å². The van der Waals surface area contributed by atoms with Gasteiger partial charge in [-0.05, 0) is 63.6 Å². The van der Waals surface area contributed by atoms with Gasteiger partial charge in [0.15, 0.2) is 0 Å². The predicted molar refractivity (Wildman–Crippen MR) is 78.2 cm³/mol. The summed E-state index contributed by atoms with van der Waals surface area (Å²) < 4.78 is 5.67. The molecule has 3 heteroatoms. The quantitative estimate of drug-likeness (QED) is 0.782. The number of rotatable bonds is 8. The first-order chi connectivity index (χ1) is 9.38. The molecule has 1 saturated heterocycles. The van der Waals surface area contributed by atoms with E-state index >= 15 is 0 Å². The molecule has 1 aromatic rings. The Balaban J connectivity index is 1.62. The van der Waals surface area contributed by atoms with Crippen LogP contribution in [0, 0.1) is 0 Å². The molecule has 2 atom stereocenters. The minimum absolute atomic E-state index is 0.538. The Labute approximate surface area is 116 Å². The number of hydrogen-bond donors (Lipinski definition) is 1. The van der Waals surface area contributed by atoms with Gasteiger partial charge in [-0.25, -0.2) is 0 Å². The van der Waals surface area contributed by atoms with Crippen LogP contribution in [0.25, 0.3) is 0 Å². The van der Waals surface area contributed by atoms with E-state index in [1.807, 2.05) is 18.5 Å². The van der Waals surface area contributed by atoms with Crippen molar-refractivity contribution in [3.05, 3.63) is 30.1 Å². The van der Waals surface area contributed by atoms with Crippen molar-refractivity contribution in [2.75, 3.05) is 13.7 Å². The van der Waals surface area contributed by atoms with Crippen molar-refractivity contribution in [3.63, 3.8) is 0 Å². The first-order valence-electron chi connectivity index (χ1n) is 7.56. The average molecular weight is 262 g/mol. The SMILES string of the molecule is CNC(CCCC1CCCO1)CCc1cccnc1. The molecule has 0 aliphatic carbocycles. The lowest BCUT2D eigenvalue weighted by molar-refractivity contribution is 0.101. The second-order valence-corrected chi connectivity index (χ2v) is 5.45. The van der Waals surface area contributed by atoms with E-state index in [9.17, 15) is 0 Å². The first-order valence-corrected chi connectivity index (χ1v) is 7.56. The monoisotopic (exact) mass is 262 g/mol. The number of hydrogen-bond acceptors (Lipinski definition) is 3. The molecule has 2 unspecified atom stereocenters. The van der Waals surface area contributed by atoms with Crippen molar-refractivity contribution < 1.29 is 4.74 Å². The molecule has 0 amide bonds. The largest absolute Gasteiger partial charge is 0.378 e. The molecule has 0 radical (unpaired) electrons. The summed E-state index contributed by atoms with van der Waals surface area (Å²) >= 11 is 0. The van der Waals surface area contributed by atoms with Gasteiger partial charge in [0.1, 0.15) is 0 Å². The number of ether oxygens (including phenoxy) is 1. The maximum Gasteiger partial charge on any atom is 0.0576 e. The van der Waals surface area contributed by atoms with Crippen LogP contribution < -0.4 is 5.32 Å². The van der Waals surface area contributed by atoms with Gasteiger partial charge >= 0.3 is 0 Å². The van der Waals surface area contributed by atoms with Crippen LogP contribution in [-0.4, -0.2) is 30.8 Å². The van der Waals surface area contributed by atoms with Gasteiger partial charge in [0.2, 0.25) is 0 Å². The number of nitrogens with one attached hydrogen (secondary N) is 1. The van der Waals surface area contributed by atoms with E-state index in [-0.39, 0.29) is 0 Å². The van der Waals surface area contributed by atoms with Gasteiger partial charge in [-0.3, -0.25) is 4.98 Å². The molecule has 2 heterocycles. The van der Waals surface area contributed by atoms with Crippen molar-refractivity contribution in [2.45, 2.75) is 57.1 Å². The fraction of sp³-hybridized carbons (Fsp3) is 0.688. The summed E-state index contributed by atoms with van der Waals surface area (Å²) in [6.45, 7) is 0.973. The van der Waals surface area contributed by atoms with Crippen LogP contribution in [0.15, 0.2) is 24.5 Å². The van der Waals surface area contributed by atoms with Gasteiger partial charge in [-0.15, -0.1) is 0 Å². The minimum atomic E-state index is 0.538. The Morgan fingerprint density at radius 3 is 3.11 bits per heavy atom. The normalized spacial score (nSPS) is 20.6. The van der Waals surface area contributed by atoms with E-state index in [2.05, 4.69) is 23.4 Å². The van der Waals surface area contributed by atoms with Gasteiger partial charge in [0.25, 0.3) is 0 Å². The third-order valence-electron chi connectivity index (χ3n) is 4.02. The topological polar surface area (TPSA) is 34.1 Å². The smallest absolute Gasteiger partial charge is 0.0576 e. The number of aryl methyl sites for hydroxylation is 1.